The molecule has 0 aromatic rings. The fourth-order valence-electron chi connectivity index (χ4n) is 2.24. The fraction of sp³-hybridized carbons (Fsp3) is 0.833. The van der Waals surface area contributed by atoms with Gasteiger partial charge in [-0.05, 0) is 19.9 Å². The van der Waals surface area contributed by atoms with Crippen LogP contribution in [0.2, 0.25) is 0 Å². The van der Waals surface area contributed by atoms with Crippen molar-refractivity contribution in [3.8, 4) is 0 Å². The molecule has 0 bridgehead atoms. The highest BCUT2D eigenvalue weighted by Gasteiger charge is 2.18. The Hall–Kier alpha value is -1.10. The minimum Gasteiger partial charge on any atom is -0.480 e. The van der Waals surface area contributed by atoms with Gasteiger partial charge in [-0.2, -0.15) is 0 Å². The first-order chi connectivity index (χ1) is 8.09. The van der Waals surface area contributed by atoms with Crippen LogP contribution in [0.5, 0.6) is 0 Å². The molecular formula is C12H22N2O3. The van der Waals surface area contributed by atoms with E-state index in [0.29, 0.717) is 19.0 Å². The Labute approximate surface area is 102 Å². The standard InChI is InChI=1S/C12H22N2O3/c1-14(10-5-3-2-4-6-10)8-7-11(15)13-9-12(16)17/h10H,2-9H2,1H3,(H,13,15)(H,16,17). The number of carboxylic acids is 1. The van der Waals surface area contributed by atoms with E-state index in [0.717, 1.165) is 0 Å². The van der Waals surface area contributed by atoms with Gasteiger partial charge >= 0.3 is 5.97 Å². The summed E-state index contributed by atoms with van der Waals surface area (Å²) in [7, 11) is 2.04. The molecule has 0 radical (unpaired) electrons. The fourth-order valence-corrected chi connectivity index (χ4v) is 2.24. The van der Waals surface area contributed by atoms with Crippen molar-refractivity contribution in [2.45, 2.75) is 44.6 Å². The van der Waals surface area contributed by atoms with Gasteiger partial charge in [0.25, 0.3) is 0 Å². The quantitative estimate of drug-likeness (QED) is 0.724. The zero-order valence-corrected chi connectivity index (χ0v) is 10.4. The minimum absolute atomic E-state index is 0.185. The number of hydrogen-bond donors (Lipinski definition) is 2. The molecule has 0 heterocycles. The summed E-state index contributed by atoms with van der Waals surface area (Å²) >= 11 is 0. The van der Waals surface area contributed by atoms with E-state index in [1.54, 1.807) is 0 Å². The molecule has 98 valence electrons. The van der Waals surface area contributed by atoms with Crippen molar-refractivity contribution in [3.63, 3.8) is 0 Å². The van der Waals surface area contributed by atoms with E-state index in [9.17, 15) is 9.59 Å². The summed E-state index contributed by atoms with van der Waals surface area (Å²) in [4.78, 5) is 23.8. The summed E-state index contributed by atoms with van der Waals surface area (Å²) in [6.45, 7) is 0.419. The van der Waals surface area contributed by atoms with Gasteiger partial charge in [0.1, 0.15) is 6.54 Å². The largest absolute Gasteiger partial charge is 0.480 e. The smallest absolute Gasteiger partial charge is 0.322 e. The molecule has 2 N–H and O–H groups in total. The second-order valence-corrected chi connectivity index (χ2v) is 4.69. The van der Waals surface area contributed by atoms with Gasteiger partial charge in [0, 0.05) is 19.0 Å². The van der Waals surface area contributed by atoms with Gasteiger partial charge < -0.3 is 15.3 Å². The van der Waals surface area contributed by atoms with Gasteiger partial charge in [-0.1, -0.05) is 19.3 Å². The third-order valence-electron chi connectivity index (χ3n) is 3.33. The number of nitrogens with one attached hydrogen (secondary N) is 1. The lowest BCUT2D eigenvalue weighted by Crippen LogP contribution is -2.37. The van der Waals surface area contributed by atoms with Gasteiger partial charge in [0.2, 0.25) is 5.91 Å². The van der Waals surface area contributed by atoms with Gasteiger partial charge in [-0.3, -0.25) is 9.59 Å². The molecule has 0 atom stereocenters. The molecule has 1 saturated carbocycles. The van der Waals surface area contributed by atoms with Crippen LogP contribution in [0.25, 0.3) is 0 Å². The van der Waals surface area contributed by atoms with Crippen LogP contribution in [0.1, 0.15) is 38.5 Å². The van der Waals surface area contributed by atoms with Crippen LogP contribution < -0.4 is 5.32 Å². The molecule has 1 amide bonds. The Morgan fingerprint density at radius 1 is 1.29 bits per heavy atom. The van der Waals surface area contributed by atoms with Crippen LogP contribution in [-0.4, -0.2) is 48.1 Å². The molecule has 0 aromatic carbocycles. The highest BCUT2D eigenvalue weighted by molar-refractivity contribution is 5.81. The summed E-state index contributed by atoms with van der Waals surface area (Å²) < 4.78 is 0. The van der Waals surface area contributed by atoms with E-state index in [2.05, 4.69) is 10.2 Å². The van der Waals surface area contributed by atoms with E-state index in [-0.39, 0.29) is 12.5 Å². The van der Waals surface area contributed by atoms with Crippen LogP contribution in [0.4, 0.5) is 0 Å². The summed E-state index contributed by atoms with van der Waals surface area (Å²) in [5, 5.41) is 10.8. The maximum atomic E-state index is 11.3. The number of rotatable bonds is 6. The zero-order chi connectivity index (χ0) is 12.7. The Morgan fingerprint density at radius 3 is 2.53 bits per heavy atom. The van der Waals surface area contributed by atoms with Gasteiger partial charge in [-0.25, -0.2) is 0 Å². The molecule has 5 heteroatoms. The van der Waals surface area contributed by atoms with E-state index >= 15 is 0 Å². The minimum atomic E-state index is -1.00. The van der Waals surface area contributed by atoms with Gasteiger partial charge in [-0.15, -0.1) is 0 Å². The number of carbonyl (C=O) groups excluding carboxylic acids is 1. The number of aliphatic carboxylic acids is 1. The molecule has 0 spiro atoms. The number of amides is 1. The average Bonchev–Trinajstić information content (AvgIpc) is 2.34. The normalized spacial score (nSPS) is 17.1. The van der Waals surface area contributed by atoms with Crippen LogP contribution in [-0.2, 0) is 9.59 Å². The third kappa shape index (κ3) is 5.68. The molecule has 1 rings (SSSR count). The van der Waals surface area contributed by atoms with Crippen LogP contribution in [0, 0.1) is 0 Å². The molecule has 0 aliphatic heterocycles. The van der Waals surface area contributed by atoms with Crippen LogP contribution >= 0.6 is 0 Å². The second kappa shape index (κ2) is 7.27. The number of carbonyl (C=O) groups is 2. The highest BCUT2D eigenvalue weighted by Crippen LogP contribution is 2.21. The van der Waals surface area contributed by atoms with E-state index in [4.69, 9.17) is 5.11 Å². The number of carboxylic acid groups (broad SMARTS) is 1. The summed E-state index contributed by atoms with van der Waals surface area (Å²) in [6.07, 6.45) is 6.69. The molecule has 17 heavy (non-hydrogen) atoms. The lowest BCUT2D eigenvalue weighted by Gasteiger charge is -2.30. The van der Waals surface area contributed by atoms with Crippen molar-refractivity contribution in [2.24, 2.45) is 0 Å². The average molecular weight is 242 g/mol. The molecule has 0 unspecified atom stereocenters. The first-order valence-electron chi connectivity index (χ1n) is 6.28. The number of hydrogen-bond acceptors (Lipinski definition) is 3. The van der Waals surface area contributed by atoms with Crippen molar-refractivity contribution in [1.82, 2.24) is 10.2 Å². The predicted octanol–water partition coefficient (Wildman–Crippen LogP) is 0.842. The SMILES string of the molecule is CN(CCC(=O)NCC(=O)O)C1CCCCC1. The Balaban J connectivity index is 2.15. The monoisotopic (exact) mass is 242 g/mol. The first kappa shape index (κ1) is 14.0. The zero-order valence-electron chi connectivity index (χ0n) is 10.4. The van der Waals surface area contributed by atoms with Crippen molar-refractivity contribution < 1.29 is 14.7 Å². The summed E-state index contributed by atoms with van der Waals surface area (Å²) in [6, 6.07) is 0.594. The summed E-state index contributed by atoms with van der Waals surface area (Å²) in [5.74, 6) is -1.19. The van der Waals surface area contributed by atoms with Crippen LogP contribution in [0.3, 0.4) is 0 Å². The number of nitrogens with zero attached hydrogens (tertiary/aromatic N) is 1. The molecule has 1 aliphatic rings. The maximum absolute atomic E-state index is 11.3. The van der Waals surface area contributed by atoms with Crippen molar-refractivity contribution in [2.75, 3.05) is 20.1 Å². The summed E-state index contributed by atoms with van der Waals surface area (Å²) in [5.41, 5.74) is 0. The van der Waals surface area contributed by atoms with Crippen molar-refractivity contribution in [3.05, 3.63) is 0 Å². The van der Waals surface area contributed by atoms with Gasteiger partial charge in [0.15, 0.2) is 0 Å². The molecule has 1 aliphatic carbocycles. The van der Waals surface area contributed by atoms with E-state index in [1.165, 1.54) is 32.1 Å². The Bertz CT molecular complexity index is 262. The third-order valence-corrected chi connectivity index (χ3v) is 3.33. The topological polar surface area (TPSA) is 69.6 Å². The molecule has 0 aromatic heterocycles. The van der Waals surface area contributed by atoms with E-state index in [1.807, 2.05) is 7.05 Å². The first-order valence-corrected chi connectivity index (χ1v) is 6.28. The molecule has 1 fully saturated rings. The molecule has 0 saturated heterocycles. The Kier molecular flexibility index (Phi) is 5.97. The predicted molar refractivity (Wildman–Crippen MR) is 64.8 cm³/mol. The molecular weight excluding hydrogens is 220 g/mol. The maximum Gasteiger partial charge on any atom is 0.322 e. The lowest BCUT2D eigenvalue weighted by molar-refractivity contribution is -0.138. The highest BCUT2D eigenvalue weighted by atomic mass is 16.4. The van der Waals surface area contributed by atoms with Gasteiger partial charge in [0.05, 0.1) is 0 Å². The lowest BCUT2D eigenvalue weighted by atomic mass is 9.94. The van der Waals surface area contributed by atoms with E-state index < -0.39 is 5.97 Å². The van der Waals surface area contributed by atoms with Crippen LogP contribution in [0.15, 0.2) is 0 Å². The molecule has 5 nitrogen and oxygen atoms in total. The van der Waals surface area contributed by atoms with Crippen molar-refractivity contribution in [1.29, 1.82) is 0 Å². The second-order valence-electron chi connectivity index (χ2n) is 4.69. The Morgan fingerprint density at radius 2 is 1.94 bits per heavy atom. The van der Waals surface area contributed by atoms with Crippen molar-refractivity contribution >= 4 is 11.9 Å².